The third-order valence-corrected chi connectivity index (χ3v) is 3.13. The first kappa shape index (κ1) is 14.7. The fourth-order valence-corrected chi connectivity index (χ4v) is 1.83. The maximum Gasteiger partial charge on any atom is 0.335 e. The molecule has 2 N–H and O–H groups in total. The van der Waals surface area contributed by atoms with E-state index in [9.17, 15) is 9.59 Å². The molecule has 0 aliphatic rings. The average molecular weight is 288 g/mol. The Bertz CT molecular complexity index is 608. The highest BCUT2D eigenvalue weighted by molar-refractivity contribution is 5.87. The van der Waals surface area contributed by atoms with Crippen LogP contribution in [0.25, 0.3) is 0 Å². The van der Waals surface area contributed by atoms with Gasteiger partial charge in [0.05, 0.1) is 5.56 Å². The number of hydrogen-bond donors (Lipinski definition) is 2. The summed E-state index contributed by atoms with van der Waals surface area (Å²) in [6, 6.07) is 6.18. The largest absolute Gasteiger partial charge is 0.478 e. The summed E-state index contributed by atoms with van der Waals surface area (Å²) in [6.07, 6.45) is 3.51. The molecule has 1 heterocycles. The van der Waals surface area contributed by atoms with Crippen molar-refractivity contribution in [1.29, 1.82) is 0 Å². The molecule has 0 spiro atoms. The molecule has 1 amide bonds. The second-order valence-electron chi connectivity index (χ2n) is 4.59. The van der Waals surface area contributed by atoms with Crippen molar-refractivity contribution in [2.24, 2.45) is 0 Å². The Kier molecular flexibility index (Phi) is 4.65. The van der Waals surface area contributed by atoms with E-state index in [2.05, 4.69) is 15.4 Å². The molecule has 0 bridgehead atoms. The van der Waals surface area contributed by atoms with Gasteiger partial charge in [0.25, 0.3) is 0 Å². The van der Waals surface area contributed by atoms with Gasteiger partial charge in [-0.3, -0.25) is 4.79 Å². The quantitative estimate of drug-likeness (QED) is 0.823. The highest BCUT2D eigenvalue weighted by Gasteiger charge is 2.14. The highest BCUT2D eigenvalue weighted by atomic mass is 16.4. The number of amides is 1. The molecule has 0 fully saturated rings. The molecule has 1 aromatic carbocycles. The van der Waals surface area contributed by atoms with Gasteiger partial charge in [0.15, 0.2) is 0 Å². The third-order valence-electron chi connectivity index (χ3n) is 3.13. The molecule has 110 valence electrons. The topological polar surface area (TPSA) is 97.1 Å². The van der Waals surface area contributed by atoms with Crippen LogP contribution in [0, 0.1) is 0 Å². The van der Waals surface area contributed by atoms with Gasteiger partial charge in [0.1, 0.15) is 18.7 Å². The van der Waals surface area contributed by atoms with Crippen LogP contribution in [0.4, 0.5) is 0 Å². The molecule has 0 radical (unpaired) electrons. The van der Waals surface area contributed by atoms with Crippen molar-refractivity contribution in [3.8, 4) is 0 Å². The predicted octanol–water partition coefficient (Wildman–Crippen LogP) is 0.896. The Morgan fingerprint density at radius 1 is 1.33 bits per heavy atom. The average Bonchev–Trinajstić information content (AvgIpc) is 3.01. The van der Waals surface area contributed by atoms with Gasteiger partial charge in [-0.15, -0.1) is 0 Å². The van der Waals surface area contributed by atoms with E-state index in [1.165, 1.54) is 17.3 Å². The first-order valence-corrected chi connectivity index (χ1v) is 6.52. The van der Waals surface area contributed by atoms with Crippen LogP contribution in [0.15, 0.2) is 36.9 Å². The van der Waals surface area contributed by atoms with E-state index in [1.807, 2.05) is 0 Å². The number of carbonyl (C=O) groups is 2. The van der Waals surface area contributed by atoms with Gasteiger partial charge in [-0.05, 0) is 31.0 Å². The molecule has 0 saturated heterocycles. The van der Waals surface area contributed by atoms with Gasteiger partial charge in [0, 0.05) is 6.54 Å². The SMILES string of the molecule is CC(C(=O)NCCc1ccc(C(=O)O)cc1)n1cncn1. The molecule has 1 atom stereocenters. The number of carboxylic acid groups (broad SMARTS) is 1. The van der Waals surface area contributed by atoms with Crippen LogP contribution in [0.1, 0.15) is 28.9 Å². The summed E-state index contributed by atoms with van der Waals surface area (Å²) in [6.45, 7) is 2.22. The van der Waals surface area contributed by atoms with E-state index < -0.39 is 12.0 Å². The Morgan fingerprint density at radius 2 is 2.05 bits per heavy atom. The zero-order valence-corrected chi connectivity index (χ0v) is 11.6. The molecule has 0 aliphatic carbocycles. The monoisotopic (exact) mass is 288 g/mol. The first-order valence-electron chi connectivity index (χ1n) is 6.52. The minimum Gasteiger partial charge on any atom is -0.478 e. The molecule has 1 unspecified atom stereocenters. The molecule has 7 heteroatoms. The molecule has 2 aromatic rings. The van der Waals surface area contributed by atoms with E-state index >= 15 is 0 Å². The van der Waals surface area contributed by atoms with Gasteiger partial charge in [-0.1, -0.05) is 12.1 Å². The molecule has 21 heavy (non-hydrogen) atoms. The van der Waals surface area contributed by atoms with Crippen molar-refractivity contribution in [3.63, 3.8) is 0 Å². The van der Waals surface area contributed by atoms with Crippen LogP contribution in [0.5, 0.6) is 0 Å². The van der Waals surface area contributed by atoms with Gasteiger partial charge in [0.2, 0.25) is 5.91 Å². The normalized spacial score (nSPS) is 11.9. The summed E-state index contributed by atoms with van der Waals surface area (Å²) < 4.78 is 1.48. The lowest BCUT2D eigenvalue weighted by atomic mass is 10.1. The first-order chi connectivity index (χ1) is 10.1. The molecule has 0 saturated carbocycles. The Labute approximate surface area is 121 Å². The van der Waals surface area contributed by atoms with Crippen molar-refractivity contribution in [2.45, 2.75) is 19.4 Å². The van der Waals surface area contributed by atoms with Crippen LogP contribution in [-0.4, -0.2) is 38.3 Å². The minimum absolute atomic E-state index is 0.136. The van der Waals surface area contributed by atoms with Crippen molar-refractivity contribution < 1.29 is 14.7 Å². The van der Waals surface area contributed by atoms with Crippen LogP contribution in [0.2, 0.25) is 0 Å². The second-order valence-corrected chi connectivity index (χ2v) is 4.59. The molecular weight excluding hydrogens is 272 g/mol. The minimum atomic E-state index is -0.948. The van der Waals surface area contributed by atoms with Gasteiger partial charge >= 0.3 is 5.97 Å². The zero-order valence-electron chi connectivity index (χ0n) is 11.6. The van der Waals surface area contributed by atoms with Crippen molar-refractivity contribution in [1.82, 2.24) is 20.1 Å². The van der Waals surface area contributed by atoms with E-state index in [-0.39, 0.29) is 11.5 Å². The predicted molar refractivity (Wildman–Crippen MR) is 74.8 cm³/mol. The summed E-state index contributed by atoms with van der Waals surface area (Å²) in [7, 11) is 0. The number of rotatable bonds is 6. The lowest BCUT2D eigenvalue weighted by Crippen LogP contribution is -2.32. The molecule has 7 nitrogen and oxygen atoms in total. The summed E-state index contributed by atoms with van der Waals surface area (Å²) in [5.41, 5.74) is 1.22. The Balaban J connectivity index is 1.81. The Morgan fingerprint density at radius 3 is 2.62 bits per heavy atom. The van der Waals surface area contributed by atoms with Crippen molar-refractivity contribution >= 4 is 11.9 Å². The Hall–Kier alpha value is -2.70. The fraction of sp³-hybridized carbons (Fsp3) is 0.286. The number of nitrogens with one attached hydrogen (secondary N) is 1. The number of carboxylic acids is 1. The zero-order chi connectivity index (χ0) is 15.2. The molecular formula is C14H16N4O3. The fourth-order valence-electron chi connectivity index (χ4n) is 1.83. The summed E-state index contributed by atoms with van der Waals surface area (Å²) >= 11 is 0. The van der Waals surface area contributed by atoms with Gasteiger partial charge in [-0.25, -0.2) is 14.5 Å². The maximum atomic E-state index is 11.9. The highest BCUT2D eigenvalue weighted by Crippen LogP contribution is 2.05. The summed E-state index contributed by atoms with van der Waals surface area (Å²) in [5, 5.41) is 15.5. The molecule has 1 aromatic heterocycles. The van der Waals surface area contributed by atoms with Crippen LogP contribution >= 0.6 is 0 Å². The lowest BCUT2D eigenvalue weighted by molar-refractivity contribution is -0.124. The van der Waals surface area contributed by atoms with E-state index in [0.29, 0.717) is 13.0 Å². The molecule has 0 aliphatic heterocycles. The van der Waals surface area contributed by atoms with E-state index in [4.69, 9.17) is 5.11 Å². The number of carbonyl (C=O) groups excluding carboxylic acids is 1. The number of aromatic carboxylic acids is 1. The maximum absolute atomic E-state index is 11.9. The van der Waals surface area contributed by atoms with Crippen LogP contribution in [0.3, 0.4) is 0 Å². The number of nitrogens with zero attached hydrogens (tertiary/aromatic N) is 3. The van der Waals surface area contributed by atoms with Crippen molar-refractivity contribution in [2.75, 3.05) is 6.54 Å². The van der Waals surface area contributed by atoms with Gasteiger partial charge < -0.3 is 10.4 Å². The molecule has 2 rings (SSSR count). The third kappa shape index (κ3) is 3.88. The van der Waals surface area contributed by atoms with Gasteiger partial charge in [-0.2, -0.15) is 5.10 Å². The van der Waals surface area contributed by atoms with Crippen LogP contribution in [-0.2, 0) is 11.2 Å². The lowest BCUT2D eigenvalue weighted by Gasteiger charge is -2.12. The second kappa shape index (κ2) is 6.65. The standard InChI is InChI=1S/C14H16N4O3/c1-10(18-9-15-8-17-18)13(19)16-7-6-11-2-4-12(5-3-11)14(20)21/h2-5,8-10H,6-7H2,1H3,(H,16,19)(H,20,21). The summed E-state index contributed by atoms with van der Waals surface area (Å²) in [4.78, 5) is 26.4. The number of benzene rings is 1. The van der Waals surface area contributed by atoms with E-state index in [1.54, 1.807) is 31.2 Å². The van der Waals surface area contributed by atoms with E-state index in [0.717, 1.165) is 5.56 Å². The van der Waals surface area contributed by atoms with Crippen LogP contribution < -0.4 is 5.32 Å². The smallest absolute Gasteiger partial charge is 0.335 e. The van der Waals surface area contributed by atoms with Crippen molar-refractivity contribution in [3.05, 3.63) is 48.0 Å². The number of aromatic nitrogens is 3. The summed E-state index contributed by atoms with van der Waals surface area (Å²) in [5.74, 6) is -1.08. The number of hydrogen-bond acceptors (Lipinski definition) is 4.